The van der Waals surface area contributed by atoms with Crippen LogP contribution in [0.2, 0.25) is 5.02 Å². The van der Waals surface area contributed by atoms with Crippen LogP contribution in [0.5, 0.6) is 0 Å². The number of nitrogens with zero attached hydrogens (tertiary/aromatic N) is 1. The second-order valence-corrected chi connectivity index (χ2v) is 5.98. The summed E-state index contributed by atoms with van der Waals surface area (Å²) < 4.78 is 5.88. The van der Waals surface area contributed by atoms with Gasteiger partial charge in [-0.2, -0.15) is 0 Å². The highest BCUT2D eigenvalue weighted by Gasteiger charge is 2.43. The van der Waals surface area contributed by atoms with Gasteiger partial charge in [-0.1, -0.05) is 24.9 Å². The van der Waals surface area contributed by atoms with Crippen molar-refractivity contribution >= 4 is 23.2 Å². The maximum atomic E-state index is 12.9. The first kappa shape index (κ1) is 15.3. The van der Waals surface area contributed by atoms with Gasteiger partial charge < -0.3 is 10.5 Å². The third kappa shape index (κ3) is 2.96. The minimum atomic E-state index is -0.771. The highest BCUT2D eigenvalue weighted by atomic mass is 35.5. The monoisotopic (exact) mass is 296 g/mol. The SMILES string of the molecule is CCOC1(C(=O)c2cc(Cl)cnc2N)CCCC(C)C1. The predicted molar refractivity (Wildman–Crippen MR) is 80.0 cm³/mol. The van der Waals surface area contributed by atoms with E-state index in [0.29, 0.717) is 23.1 Å². The molecular formula is C15H21ClN2O2. The molecule has 0 radical (unpaired) electrons. The van der Waals surface area contributed by atoms with Crippen molar-refractivity contribution < 1.29 is 9.53 Å². The number of anilines is 1. The molecule has 1 aromatic heterocycles. The summed E-state index contributed by atoms with van der Waals surface area (Å²) >= 11 is 5.94. The van der Waals surface area contributed by atoms with Gasteiger partial charge in [0, 0.05) is 12.8 Å². The Morgan fingerprint density at radius 3 is 3.05 bits per heavy atom. The minimum absolute atomic E-state index is 0.0848. The quantitative estimate of drug-likeness (QED) is 0.864. The second kappa shape index (κ2) is 6.10. The normalized spacial score (nSPS) is 26.4. The standard InChI is InChI=1S/C15H21ClN2O2/c1-3-20-15(6-4-5-10(2)8-15)13(19)12-7-11(16)9-18-14(12)17/h7,9-10H,3-6,8H2,1-2H3,(H2,17,18). The molecule has 4 nitrogen and oxygen atoms in total. The maximum Gasteiger partial charge on any atom is 0.198 e. The first-order valence-electron chi connectivity index (χ1n) is 7.08. The number of halogens is 1. The molecule has 1 aliphatic rings. The Morgan fingerprint density at radius 2 is 2.40 bits per heavy atom. The molecule has 0 bridgehead atoms. The van der Waals surface area contributed by atoms with Crippen LogP contribution in [0.15, 0.2) is 12.3 Å². The summed E-state index contributed by atoms with van der Waals surface area (Å²) in [6, 6.07) is 1.59. The number of ketones is 1. The van der Waals surface area contributed by atoms with E-state index >= 15 is 0 Å². The van der Waals surface area contributed by atoms with Crippen molar-refractivity contribution in [3.8, 4) is 0 Å². The van der Waals surface area contributed by atoms with Gasteiger partial charge in [0.05, 0.1) is 10.6 Å². The van der Waals surface area contributed by atoms with Gasteiger partial charge in [-0.25, -0.2) is 4.98 Å². The van der Waals surface area contributed by atoms with Gasteiger partial charge in [-0.3, -0.25) is 4.79 Å². The second-order valence-electron chi connectivity index (χ2n) is 5.54. The van der Waals surface area contributed by atoms with Gasteiger partial charge >= 0.3 is 0 Å². The predicted octanol–water partition coefficient (Wildman–Crippen LogP) is 3.49. The van der Waals surface area contributed by atoms with Crippen molar-refractivity contribution in [3.05, 3.63) is 22.8 Å². The molecule has 0 aromatic carbocycles. The summed E-state index contributed by atoms with van der Waals surface area (Å²) in [5, 5.41) is 0.415. The smallest absolute Gasteiger partial charge is 0.198 e. The zero-order valence-electron chi connectivity index (χ0n) is 12.0. The molecule has 20 heavy (non-hydrogen) atoms. The highest BCUT2D eigenvalue weighted by molar-refractivity contribution is 6.31. The molecule has 0 spiro atoms. The van der Waals surface area contributed by atoms with E-state index in [4.69, 9.17) is 22.1 Å². The fourth-order valence-electron chi connectivity index (χ4n) is 3.06. The van der Waals surface area contributed by atoms with E-state index in [-0.39, 0.29) is 11.6 Å². The Balaban J connectivity index is 2.38. The van der Waals surface area contributed by atoms with Crippen LogP contribution in [0, 0.1) is 5.92 Å². The number of ether oxygens (including phenoxy) is 1. The van der Waals surface area contributed by atoms with Crippen molar-refractivity contribution in [3.63, 3.8) is 0 Å². The average molecular weight is 297 g/mol. The molecule has 0 aliphatic heterocycles. The fraction of sp³-hybridized carbons (Fsp3) is 0.600. The lowest BCUT2D eigenvalue weighted by Gasteiger charge is -2.38. The van der Waals surface area contributed by atoms with Gasteiger partial charge in [0.15, 0.2) is 5.78 Å². The van der Waals surface area contributed by atoms with Crippen molar-refractivity contribution in [2.45, 2.75) is 45.1 Å². The minimum Gasteiger partial charge on any atom is -0.383 e. The first-order valence-corrected chi connectivity index (χ1v) is 7.46. The van der Waals surface area contributed by atoms with Gasteiger partial charge in [-0.15, -0.1) is 0 Å². The zero-order chi connectivity index (χ0) is 14.8. The topological polar surface area (TPSA) is 65.2 Å². The molecule has 1 aromatic rings. The summed E-state index contributed by atoms with van der Waals surface area (Å²) in [5.41, 5.74) is 5.44. The van der Waals surface area contributed by atoms with Crippen LogP contribution in [0.1, 0.15) is 49.9 Å². The number of carbonyl (C=O) groups excluding carboxylic acids is 1. The summed E-state index contributed by atoms with van der Waals surface area (Å²) in [7, 11) is 0. The van der Waals surface area contributed by atoms with Crippen molar-refractivity contribution in [2.24, 2.45) is 5.92 Å². The Labute approximate surface area is 124 Å². The molecule has 1 aliphatic carbocycles. The molecule has 1 saturated carbocycles. The van der Waals surface area contributed by atoms with Gasteiger partial charge in [0.1, 0.15) is 11.4 Å². The van der Waals surface area contributed by atoms with Gasteiger partial charge in [0.25, 0.3) is 0 Å². The van der Waals surface area contributed by atoms with E-state index in [1.807, 2.05) is 6.92 Å². The summed E-state index contributed by atoms with van der Waals surface area (Å²) in [6.45, 7) is 4.57. The van der Waals surface area contributed by atoms with E-state index in [1.165, 1.54) is 6.20 Å². The van der Waals surface area contributed by atoms with Crippen LogP contribution in [0.4, 0.5) is 5.82 Å². The lowest BCUT2D eigenvalue weighted by molar-refractivity contribution is -0.0511. The Morgan fingerprint density at radius 1 is 1.65 bits per heavy atom. The fourth-order valence-corrected chi connectivity index (χ4v) is 3.22. The largest absolute Gasteiger partial charge is 0.383 e. The van der Waals surface area contributed by atoms with Crippen LogP contribution in [-0.4, -0.2) is 23.0 Å². The lowest BCUT2D eigenvalue weighted by atomic mass is 9.75. The third-order valence-corrected chi connectivity index (χ3v) is 4.13. The number of hydrogen-bond donors (Lipinski definition) is 1. The number of rotatable bonds is 4. The summed E-state index contributed by atoms with van der Waals surface area (Å²) in [6.07, 6.45) is 5.03. The van der Waals surface area contributed by atoms with Crippen molar-refractivity contribution in [1.29, 1.82) is 0 Å². The Hall–Kier alpha value is -1.13. The number of Topliss-reactive ketones (excluding diaryl/α,β-unsaturated/α-hetero) is 1. The van der Waals surface area contributed by atoms with E-state index in [1.54, 1.807) is 6.07 Å². The number of nitrogens with two attached hydrogens (primary N) is 1. The highest BCUT2D eigenvalue weighted by Crippen LogP contribution is 2.38. The van der Waals surface area contributed by atoms with Crippen LogP contribution in [0.25, 0.3) is 0 Å². The lowest BCUT2D eigenvalue weighted by Crippen LogP contribution is -2.45. The van der Waals surface area contributed by atoms with E-state index in [0.717, 1.165) is 25.7 Å². The maximum absolute atomic E-state index is 12.9. The number of aromatic nitrogens is 1. The molecule has 1 fully saturated rings. The van der Waals surface area contributed by atoms with Crippen LogP contribution in [0.3, 0.4) is 0 Å². The Bertz CT molecular complexity index is 503. The molecular weight excluding hydrogens is 276 g/mol. The van der Waals surface area contributed by atoms with Crippen molar-refractivity contribution in [1.82, 2.24) is 4.98 Å². The average Bonchev–Trinajstić information content (AvgIpc) is 2.41. The molecule has 5 heteroatoms. The van der Waals surface area contributed by atoms with Crippen molar-refractivity contribution in [2.75, 3.05) is 12.3 Å². The van der Waals surface area contributed by atoms with E-state index in [2.05, 4.69) is 11.9 Å². The van der Waals surface area contributed by atoms with Crippen LogP contribution >= 0.6 is 11.6 Å². The molecule has 110 valence electrons. The molecule has 1 heterocycles. The number of nitrogen functional groups attached to an aromatic ring is 1. The molecule has 2 unspecified atom stereocenters. The number of carbonyl (C=O) groups is 1. The van der Waals surface area contributed by atoms with E-state index in [9.17, 15) is 4.79 Å². The number of pyridine rings is 1. The van der Waals surface area contributed by atoms with Gasteiger partial charge in [0.2, 0.25) is 0 Å². The number of hydrogen-bond acceptors (Lipinski definition) is 4. The molecule has 0 saturated heterocycles. The molecule has 2 N–H and O–H groups in total. The third-order valence-electron chi connectivity index (χ3n) is 3.92. The molecule has 0 amide bonds. The molecule has 2 rings (SSSR count). The zero-order valence-corrected chi connectivity index (χ0v) is 12.7. The summed E-state index contributed by atoms with van der Waals surface area (Å²) in [4.78, 5) is 16.9. The van der Waals surface area contributed by atoms with Crippen LogP contribution in [-0.2, 0) is 4.74 Å². The first-order chi connectivity index (χ1) is 9.48. The summed E-state index contributed by atoms with van der Waals surface area (Å²) in [5.74, 6) is 0.600. The molecule has 2 atom stereocenters. The van der Waals surface area contributed by atoms with E-state index < -0.39 is 5.60 Å². The van der Waals surface area contributed by atoms with Gasteiger partial charge in [-0.05, 0) is 38.2 Å². The van der Waals surface area contributed by atoms with Crippen LogP contribution < -0.4 is 5.73 Å². The Kier molecular flexibility index (Phi) is 4.66.